The third-order valence-corrected chi connectivity index (χ3v) is 0.677. The van der Waals surface area contributed by atoms with E-state index in [0.29, 0.717) is 0 Å². The molecule has 0 aliphatic rings. The van der Waals surface area contributed by atoms with Gasteiger partial charge in [-0.05, 0) is 6.42 Å². The predicted octanol–water partition coefficient (Wildman–Crippen LogP) is 2.42. The van der Waals surface area contributed by atoms with Crippen molar-refractivity contribution in [3.05, 3.63) is 0 Å². The minimum absolute atomic E-state index is 1.00. The van der Waals surface area contributed by atoms with Crippen LogP contribution in [0.2, 0.25) is 0 Å². The van der Waals surface area contributed by atoms with E-state index in [1.165, 1.54) is 6.42 Å². The molecule has 0 rings (SSSR count). The lowest BCUT2D eigenvalue weighted by atomic mass is 10.3. The van der Waals surface area contributed by atoms with Crippen LogP contribution in [0.25, 0.3) is 0 Å². The standard InChI is InChI=1S/C7H12.CH2O3/c1-3-5-7-6-4-2;2-1(3)4/h3-5H2,1-2H3;(H2,2,3,4). The zero-order chi connectivity index (χ0) is 9.11. The lowest BCUT2D eigenvalue weighted by Crippen LogP contribution is -1.81. The quantitative estimate of drug-likeness (QED) is 0.576. The number of carbonyl (C=O) groups is 1. The minimum Gasteiger partial charge on any atom is -0.450 e. The monoisotopic (exact) mass is 158 g/mol. The molecule has 0 amide bonds. The van der Waals surface area contributed by atoms with Gasteiger partial charge >= 0.3 is 6.16 Å². The predicted molar refractivity (Wildman–Crippen MR) is 43.6 cm³/mol. The van der Waals surface area contributed by atoms with Gasteiger partial charge in [-0.1, -0.05) is 13.8 Å². The molecule has 0 aromatic rings. The minimum atomic E-state index is -1.83. The Morgan fingerprint density at radius 1 is 1.27 bits per heavy atom. The molecule has 0 radical (unpaired) electrons. The molecular weight excluding hydrogens is 144 g/mol. The summed E-state index contributed by atoms with van der Waals surface area (Å²) in [5.41, 5.74) is 0. The number of carboxylic acid groups (broad SMARTS) is 2. The molecule has 0 heterocycles. The SMILES string of the molecule is CCC#CCCC.O=C(O)O. The molecule has 11 heavy (non-hydrogen) atoms. The molecule has 0 bridgehead atoms. The third-order valence-electron chi connectivity index (χ3n) is 0.677. The second kappa shape index (κ2) is 11.6. The van der Waals surface area contributed by atoms with E-state index in [-0.39, 0.29) is 0 Å². The number of hydrogen-bond donors (Lipinski definition) is 2. The van der Waals surface area contributed by atoms with E-state index < -0.39 is 6.16 Å². The Bertz CT molecular complexity index is 137. The molecule has 64 valence electrons. The third kappa shape index (κ3) is 51.4. The van der Waals surface area contributed by atoms with E-state index in [9.17, 15) is 0 Å². The zero-order valence-electron chi connectivity index (χ0n) is 6.92. The molecule has 0 unspecified atom stereocenters. The van der Waals surface area contributed by atoms with Gasteiger partial charge in [0.2, 0.25) is 0 Å². The van der Waals surface area contributed by atoms with Crippen molar-refractivity contribution in [1.82, 2.24) is 0 Å². The van der Waals surface area contributed by atoms with Crippen LogP contribution in [-0.4, -0.2) is 16.4 Å². The first-order valence-corrected chi connectivity index (χ1v) is 3.52. The van der Waals surface area contributed by atoms with Crippen molar-refractivity contribution in [2.45, 2.75) is 33.1 Å². The Kier molecular flexibility index (Phi) is 13.2. The topological polar surface area (TPSA) is 57.5 Å². The fourth-order valence-corrected chi connectivity index (χ4v) is 0.338. The van der Waals surface area contributed by atoms with Crippen LogP contribution in [0.15, 0.2) is 0 Å². The van der Waals surface area contributed by atoms with Crippen LogP contribution in [0, 0.1) is 11.8 Å². The summed E-state index contributed by atoms with van der Waals surface area (Å²) in [4.78, 5) is 8.56. The van der Waals surface area contributed by atoms with E-state index in [2.05, 4.69) is 25.7 Å². The zero-order valence-corrected chi connectivity index (χ0v) is 6.92. The lowest BCUT2D eigenvalue weighted by molar-refractivity contribution is 0.137. The van der Waals surface area contributed by atoms with Gasteiger partial charge in [0.15, 0.2) is 0 Å². The fraction of sp³-hybridized carbons (Fsp3) is 0.625. The summed E-state index contributed by atoms with van der Waals surface area (Å²) >= 11 is 0. The van der Waals surface area contributed by atoms with E-state index >= 15 is 0 Å². The molecule has 3 heteroatoms. The van der Waals surface area contributed by atoms with Gasteiger partial charge in [-0.3, -0.25) is 0 Å². The number of unbranched alkanes of at least 4 members (excludes halogenated alkanes) is 1. The highest BCUT2D eigenvalue weighted by Crippen LogP contribution is 1.81. The van der Waals surface area contributed by atoms with Crippen LogP contribution >= 0.6 is 0 Å². The molecular formula is C8H14O3. The Labute approximate surface area is 67.0 Å². The van der Waals surface area contributed by atoms with Crippen molar-refractivity contribution in [2.24, 2.45) is 0 Å². The fourth-order valence-electron chi connectivity index (χ4n) is 0.338. The summed E-state index contributed by atoms with van der Waals surface area (Å²) in [6, 6.07) is 0. The maximum atomic E-state index is 8.56. The molecule has 0 spiro atoms. The van der Waals surface area contributed by atoms with Crippen molar-refractivity contribution in [3.63, 3.8) is 0 Å². The summed E-state index contributed by atoms with van der Waals surface area (Å²) in [5, 5.41) is 13.9. The van der Waals surface area contributed by atoms with Gasteiger partial charge in [0.25, 0.3) is 0 Å². The summed E-state index contributed by atoms with van der Waals surface area (Å²) < 4.78 is 0. The van der Waals surface area contributed by atoms with Crippen LogP contribution < -0.4 is 0 Å². The first-order chi connectivity index (χ1) is 5.15. The number of rotatable bonds is 1. The van der Waals surface area contributed by atoms with Crippen LogP contribution in [-0.2, 0) is 0 Å². The molecule has 0 saturated heterocycles. The largest absolute Gasteiger partial charge is 0.503 e. The molecule has 0 atom stereocenters. The molecule has 0 fully saturated rings. The average molecular weight is 158 g/mol. The number of hydrogen-bond acceptors (Lipinski definition) is 1. The van der Waals surface area contributed by atoms with Crippen LogP contribution in [0.4, 0.5) is 4.79 Å². The highest BCUT2D eigenvalue weighted by atomic mass is 16.6. The summed E-state index contributed by atoms with van der Waals surface area (Å²) in [7, 11) is 0. The Morgan fingerprint density at radius 3 is 2.00 bits per heavy atom. The van der Waals surface area contributed by atoms with E-state index in [0.717, 1.165) is 12.8 Å². The van der Waals surface area contributed by atoms with Crippen LogP contribution in [0.3, 0.4) is 0 Å². The summed E-state index contributed by atoms with van der Waals surface area (Å²) in [5.74, 6) is 6.03. The molecule has 0 saturated carbocycles. The normalized spacial score (nSPS) is 6.73. The van der Waals surface area contributed by atoms with Crippen LogP contribution in [0.1, 0.15) is 33.1 Å². The molecule has 0 aromatic heterocycles. The molecule has 3 nitrogen and oxygen atoms in total. The lowest BCUT2D eigenvalue weighted by Gasteiger charge is -1.74. The van der Waals surface area contributed by atoms with Crippen LogP contribution in [0.5, 0.6) is 0 Å². The van der Waals surface area contributed by atoms with Crippen molar-refractivity contribution >= 4 is 6.16 Å². The maximum Gasteiger partial charge on any atom is 0.503 e. The average Bonchev–Trinajstić information content (AvgIpc) is 1.88. The van der Waals surface area contributed by atoms with Gasteiger partial charge in [0.05, 0.1) is 0 Å². The van der Waals surface area contributed by atoms with E-state index in [1.54, 1.807) is 0 Å². The van der Waals surface area contributed by atoms with Crippen molar-refractivity contribution in [3.8, 4) is 11.8 Å². The first-order valence-electron chi connectivity index (χ1n) is 3.52. The van der Waals surface area contributed by atoms with Crippen molar-refractivity contribution in [2.75, 3.05) is 0 Å². The van der Waals surface area contributed by atoms with Gasteiger partial charge in [0, 0.05) is 12.8 Å². The van der Waals surface area contributed by atoms with E-state index in [4.69, 9.17) is 15.0 Å². The molecule has 0 aliphatic heterocycles. The van der Waals surface area contributed by atoms with Gasteiger partial charge < -0.3 is 10.2 Å². The summed E-state index contributed by atoms with van der Waals surface area (Å²) in [6.07, 6.45) is 1.42. The summed E-state index contributed by atoms with van der Waals surface area (Å²) in [6.45, 7) is 4.22. The molecule has 2 N–H and O–H groups in total. The van der Waals surface area contributed by atoms with Gasteiger partial charge in [-0.2, -0.15) is 0 Å². The second-order valence-corrected chi connectivity index (χ2v) is 1.74. The van der Waals surface area contributed by atoms with Gasteiger partial charge in [0.1, 0.15) is 0 Å². The molecule has 0 aromatic carbocycles. The second-order valence-electron chi connectivity index (χ2n) is 1.74. The Morgan fingerprint density at radius 2 is 1.73 bits per heavy atom. The Balaban J connectivity index is 0. The van der Waals surface area contributed by atoms with Gasteiger partial charge in [-0.25, -0.2) is 4.79 Å². The Hall–Kier alpha value is -1.17. The van der Waals surface area contributed by atoms with Crippen molar-refractivity contribution in [1.29, 1.82) is 0 Å². The van der Waals surface area contributed by atoms with Crippen molar-refractivity contribution < 1.29 is 15.0 Å². The van der Waals surface area contributed by atoms with Gasteiger partial charge in [-0.15, -0.1) is 11.8 Å². The maximum absolute atomic E-state index is 8.56. The first kappa shape index (κ1) is 12.5. The molecule has 0 aliphatic carbocycles. The highest BCUT2D eigenvalue weighted by Gasteiger charge is 1.70. The smallest absolute Gasteiger partial charge is 0.450 e. The highest BCUT2D eigenvalue weighted by molar-refractivity contribution is 5.53. The van der Waals surface area contributed by atoms with E-state index in [1.807, 2.05) is 0 Å².